The standard InChI is InChI=1S/C20H23NO5S/c1-25-15-9-8-13(10-16(15)26-2)18(22)21-19-17(20(23)24)14(11-27-19)12-6-4-3-5-7-12/h8-12H,3-7H2,1-2H3,(H,21,22)(H,23,24). The SMILES string of the molecule is COc1ccc(C(=O)Nc2scc(C3CCCCC3)c2C(=O)O)cc1OC. The molecule has 6 nitrogen and oxygen atoms in total. The van der Waals surface area contributed by atoms with Gasteiger partial charge in [-0.2, -0.15) is 0 Å². The molecule has 7 heteroatoms. The second kappa shape index (κ2) is 8.43. The zero-order valence-electron chi connectivity index (χ0n) is 15.4. The van der Waals surface area contributed by atoms with Crippen LogP contribution in [0.3, 0.4) is 0 Å². The molecule has 1 aliphatic rings. The van der Waals surface area contributed by atoms with E-state index in [-0.39, 0.29) is 17.4 Å². The first-order valence-corrected chi connectivity index (χ1v) is 9.81. The molecule has 2 aromatic rings. The molecule has 1 amide bonds. The van der Waals surface area contributed by atoms with Gasteiger partial charge in [0.2, 0.25) is 0 Å². The van der Waals surface area contributed by atoms with Crippen LogP contribution in [0, 0.1) is 0 Å². The van der Waals surface area contributed by atoms with Crippen LogP contribution in [0.2, 0.25) is 0 Å². The zero-order valence-corrected chi connectivity index (χ0v) is 16.2. The quantitative estimate of drug-likeness (QED) is 0.744. The summed E-state index contributed by atoms with van der Waals surface area (Å²) in [5.74, 6) is -0.156. The maximum absolute atomic E-state index is 12.6. The van der Waals surface area contributed by atoms with E-state index in [4.69, 9.17) is 9.47 Å². The maximum Gasteiger partial charge on any atom is 0.339 e. The molecular weight excluding hydrogens is 366 g/mol. The van der Waals surface area contributed by atoms with Crippen LogP contribution in [-0.4, -0.2) is 31.2 Å². The highest BCUT2D eigenvalue weighted by Crippen LogP contribution is 2.40. The van der Waals surface area contributed by atoms with Crippen molar-refractivity contribution in [3.8, 4) is 11.5 Å². The van der Waals surface area contributed by atoms with Crippen LogP contribution in [0.15, 0.2) is 23.6 Å². The molecule has 1 heterocycles. The monoisotopic (exact) mass is 389 g/mol. The summed E-state index contributed by atoms with van der Waals surface area (Å²) in [4.78, 5) is 24.5. The summed E-state index contributed by atoms with van der Waals surface area (Å²) in [6.45, 7) is 0. The molecule has 1 aromatic carbocycles. The summed E-state index contributed by atoms with van der Waals surface area (Å²) >= 11 is 1.27. The van der Waals surface area contributed by atoms with Gasteiger partial charge in [-0.05, 0) is 47.9 Å². The highest BCUT2D eigenvalue weighted by Gasteiger charge is 2.26. The number of amides is 1. The molecule has 0 unspecified atom stereocenters. The van der Waals surface area contributed by atoms with Crippen LogP contribution < -0.4 is 14.8 Å². The number of nitrogens with one attached hydrogen (secondary N) is 1. The number of carboxylic acid groups (broad SMARTS) is 1. The van der Waals surface area contributed by atoms with Crippen molar-refractivity contribution >= 4 is 28.2 Å². The van der Waals surface area contributed by atoms with Gasteiger partial charge in [-0.25, -0.2) is 4.79 Å². The van der Waals surface area contributed by atoms with Crippen molar-refractivity contribution in [2.75, 3.05) is 19.5 Å². The van der Waals surface area contributed by atoms with Gasteiger partial charge in [-0.15, -0.1) is 11.3 Å². The van der Waals surface area contributed by atoms with E-state index in [9.17, 15) is 14.7 Å². The minimum Gasteiger partial charge on any atom is -0.493 e. The Morgan fingerprint density at radius 2 is 1.81 bits per heavy atom. The normalized spacial score (nSPS) is 14.6. The molecule has 3 rings (SSSR count). The number of aromatic carboxylic acids is 1. The van der Waals surface area contributed by atoms with Crippen molar-refractivity contribution in [3.63, 3.8) is 0 Å². The Labute approximate surface area is 162 Å². The second-order valence-corrected chi connectivity index (χ2v) is 7.44. The van der Waals surface area contributed by atoms with Gasteiger partial charge in [0.1, 0.15) is 5.00 Å². The molecule has 0 bridgehead atoms. The van der Waals surface area contributed by atoms with E-state index in [1.807, 2.05) is 5.38 Å². The number of methoxy groups -OCH3 is 2. The number of benzene rings is 1. The van der Waals surface area contributed by atoms with Gasteiger partial charge in [0.25, 0.3) is 5.91 Å². The molecule has 27 heavy (non-hydrogen) atoms. The molecule has 1 aromatic heterocycles. The van der Waals surface area contributed by atoms with Crippen LogP contribution in [0.1, 0.15) is 64.3 Å². The largest absolute Gasteiger partial charge is 0.493 e. The summed E-state index contributed by atoms with van der Waals surface area (Å²) in [7, 11) is 3.02. The van der Waals surface area contributed by atoms with Gasteiger partial charge < -0.3 is 19.9 Å². The Morgan fingerprint density at radius 3 is 2.44 bits per heavy atom. The lowest BCUT2D eigenvalue weighted by Gasteiger charge is -2.21. The Kier molecular flexibility index (Phi) is 6.01. The maximum atomic E-state index is 12.6. The number of anilines is 1. The highest BCUT2D eigenvalue weighted by molar-refractivity contribution is 7.15. The fourth-order valence-corrected chi connectivity index (χ4v) is 4.58. The smallest absolute Gasteiger partial charge is 0.339 e. The summed E-state index contributed by atoms with van der Waals surface area (Å²) in [5, 5.41) is 14.7. The lowest BCUT2D eigenvalue weighted by molar-refractivity contribution is 0.0696. The lowest BCUT2D eigenvalue weighted by Crippen LogP contribution is -2.15. The Morgan fingerprint density at radius 1 is 1.11 bits per heavy atom. The van der Waals surface area contributed by atoms with E-state index in [1.165, 1.54) is 32.0 Å². The average Bonchev–Trinajstić information content (AvgIpc) is 3.11. The number of hydrogen-bond donors (Lipinski definition) is 2. The fraction of sp³-hybridized carbons (Fsp3) is 0.400. The van der Waals surface area contributed by atoms with Crippen molar-refractivity contribution in [1.82, 2.24) is 0 Å². The summed E-state index contributed by atoms with van der Waals surface area (Å²) < 4.78 is 10.4. The van der Waals surface area contributed by atoms with Crippen molar-refractivity contribution < 1.29 is 24.2 Å². The third-order valence-corrected chi connectivity index (χ3v) is 5.86. The molecular formula is C20H23NO5S. The minimum atomic E-state index is -1.00. The van der Waals surface area contributed by atoms with Gasteiger partial charge in [-0.3, -0.25) is 4.79 Å². The van der Waals surface area contributed by atoms with Gasteiger partial charge in [-0.1, -0.05) is 19.3 Å². The molecule has 1 aliphatic carbocycles. The number of hydrogen-bond acceptors (Lipinski definition) is 5. The van der Waals surface area contributed by atoms with Gasteiger partial charge in [0, 0.05) is 5.56 Å². The molecule has 0 atom stereocenters. The predicted octanol–water partition coefficient (Wildman–Crippen LogP) is 4.76. The lowest BCUT2D eigenvalue weighted by atomic mass is 9.83. The Bertz CT molecular complexity index is 839. The Balaban J connectivity index is 1.85. The molecule has 0 saturated heterocycles. The van der Waals surface area contributed by atoms with E-state index in [0.717, 1.165) is 31.2 Å². The van der Waals surface area contributed by atoms with Crippen LogP contribution in [0.4, 0.5) is 5.00 Å². The number of carbonyl (C=O) groups is 2. The summed E-state index contributed by atoms with van der Waals surface area (Å²) in [5.41, 5.74) is 1.44. The number of carboxylic acids is 1. The average molecular weight is 389 g/mol. The molecule has 0 spiro atoms. The molecule has 0 radical (unpaired) electrons. The third-order valence-electron chi connectivity index (χ3n) is 4.95. The summed E-state index contributed by atoms with van der Waals surface area (Å²) in [6, 6.07) is 4.84. The predicted molar refractivity (Wildman–Crippen MR) is 105 cm³/mol. The van der Waals surface area contributed by atoms with Crippen molar-refractivity contribution in [2.24, 2.45) is 0 Å². The third kappa shape index (κ3) is 4.08. The van der Waals surface area contributed by atoms with Gasteiger partial charge in [0.05, 0.1) is 19.8 Å². The van der Waals surface area contributed by atoms with E-state index >= 15 is 0 Å². The number of ether oxygens (including phenoxy) is 2. The van der Waals surface area contributed by atoms with E-state index in [2.05, 4.69) is 5.32 Å². The number of rotatable bonds is 6. The first kappa shape index (κ1) is 19.2. The highest BCUT2D eigenvalue weighted by atomic mass is 32.1. The second-order valence-electron chi connectivity index (χ2n) is 6.56. The fourth-order valence-electron chi connectivity index (χ4n) is 3.55. The van der Waals surface area contributed by atoms with Gasteiger partial charge in [0.15, 0.2) is 11.5 Å². The van der Waals surface area contributed by atoms with Crippen LogP contribution in [-0.2, 0) is 0 Å². The van der Waals surface area contributed by atoms with E-state index in [0.29, 0.717) is 22.1 Å². The topological polar surface area (TPSA) is 84.9 Å². The van der Waals surface area contributed by atoms with Crippen molar-refractivity contribution in [2.45, 2.75) is 38.0 Å². The van der Waals surface area contributed by atoms with Crippen LogP contribution in [0.25, 0.3) is 0 Å². The number of carbonyl (C=O) groups excluding carboxylic acids is 1. The zero-order chi connectivity index (χ0) is 19.4. The molecule has 1 saturated carbocycles. The van der Waals surface area contributed by atoms with Crippen LogP contribution >= 0.6 is 11.3 Å². The van der Waals surface area contributed by atoms with Crippen LogP contribution in [0.5, 0.6) is 11.5 Å². The minimum absolute atomic E-state index is 0.223. The Hall–Kier alpha value is -2.54. The summed E-state index contributed by atoms with van der Waals surface area (Å²) in [6.07, 6.45) is 5.44. The van der Waals surface area contributed by atoms with E-state index < -0.39 is 5.97 Å². The molecule has 144 valence electrons. The first-order chi connectivity index (χ1) is 13.0. The first-order valence-electron chi connectivity index (χ1n) is 8.93. The van der Waals surface area contributed by atoms with E-state index in [1.54, 1.807) is 18.2 Å². The van der Waals surface area contributed by atoms with Crippen molar-refractivity contribution in [3.05, 3.63) is 40.3 Å². The molecule has 0 aliphatic heterocycles. The van der Waals surface area contributed by atoms with Crippen molar-refractivity contribution in [1.29, 1.82) is 0 Å². The molecule has 2 N–H and O–H groups in total. The number of thiophene rings is 1. The molecule has 1 fully saturated rings. The van der Waals surface area contributed by atoms with Gasteiger partial charge >= 0.3 is 5.97 Å².